The fourth-order valence-electron chi connectivity index (χ4n) is 1.87. The standard InChI is InChI=1S/C17H20N4O/c18-15-8-4-11-20-17(15)21-13-5-12-19-16(22)10-9-14-6-2-1-3-7-14/h1-4,6-11H,5,12-13,18H2,(H,19,22)(H,20,21)/b10-9+. The third kappa shape index (κ3) is 5.28. The second-order valence-corrected chi connectivity index (χ2v) is 4.76. The number of nitrogen functional groups attached to an aromatic ring is 1. The number of pyridine rings is 1. The van der Waals surface area contributed by atoms with Gasteiger partial charge in [-0.3, -0.25) is 4.79 Å². The lowest BCUT2D eigenvalue weighted by Crippen LogP contribution is -2.23. The monoisotopic (exact) mass is 296 g/mol. The molecule has 114 valence electrons. The van der Waals surface area contributed by atoms with Crippen LogP contribution < -0.4 is 16.4 Å². The molecule has 5 heteroatoms. The molecule has 0 atom stereocenters. The van der Waals surface area contributed by atoms with Gasteiger partial charge in [-0.2, -0.15) is 0 Å². The maximum absolute atomic E-state index is 11.7. The van der Waals surface area contributed by atoms with Crippen LogP contribution in [-0.4, -0.2) is 24.0 Å². The number of hydrogen-bond donors (Lipinski definition) is 3. The summed E-state index contributed by atoms with van der Waals surface area (Å²) in [6, 6.07) is 13.3. The van der Waals surface area contributed by atoms with Gasteiger partial charge in [0.15, 0.2) is 0 Å². The highest BCUT2D eigenvalue weighted by molar-refractivity contribution is 5.91. The third-order valence-electron chi connectivity index (χ3n) is 3.01. The molecule has 0 unspecified atom stereocenters. The van der Waals surface area contributed by atoms with Gasteiger partial charge in [-0.05, 0) is 30.2 Å². The molecule has 0 aliphatic heterocycles. The minimum atomic E-state index is -0.0961. The predicted molar refractivity (Wildman–Crippen MR) is 90.2 cm³/mol. The van der Waals surface area contributed by atoms with Crippen molar-refractivity contribution < 1.29 is 4.79 Å². The minimum Gasteiger partial charge on any atom is -0.396 e. The Balaban J connectivity index is 1.63. The van der Waals surface area contributed by atoms with Gasteiger partial charge in [-0.15, -0.1) is 0 Å². The van der Waals surface area contributed by atoms with Crippen LogP contribution in [0.1, 0.15) is 12.0 Å². The topological polar surface area (TPSA) is 80.0 Å². The van der Waals surface area contributed by atoms with Crippen molar-refractivity contribution in [2.75, 3.05) is 24.1 Å². The average molecular weight is 296 g/mol. The molecule has 0 radical (unpaired) electrons. The van der Waals surface area contributed by atoms with E-state index in [4.69, 9.17) is 5.73 Å². The van der Waals surface area contributed by atoms with E-state index < -0.39 is 0 Å². The van der Waals surface area contributed by atoms with E-state index in [0.29, 0.717) is 24.6 Å². The fraction of sp³-hybridized carbons (Fsp3) is 0.176. The molecule has 0 fully saturated rings. The first-order valence-electron chi connectivity index (χ1n) is 7.21. The summed E-state index contributed by atoms with van der Waals surface area (Å²) >= 11 is 0. The van der Waals surface area contributed by atoms with E-state index in [-0.39, 0.29) is 5.91 Å². The summed E-state index contributed by atoms with van der Waals surface area (Å²) in [5.41, 5.74) is 7.40. The van der Waals surface area contributed by atoms with Crippen molar-refractivity contribution in [1.82, 2.24) is 10.3 Å². The van der Waals surface area contributed by atoms with Gasteiger partial charge in [-0.25, -0.2) is 4.98 Å². The first kappa shape index (κ1) is 15.6. The molecule has 1 heterocycles. The van der Waals surface area contributed by atoms with Crippen molar-refractivity contribution in [3.05, 3.63) is 60.3 Å². The van der Waals surface area contributed by atoms with Gasteiger partial charge in [-0.1, -0.05) is 30.3 Å². The Morgan fingerprint density at radius 2 is 1.95 bits per heavy atom. The summed E-state index contributed by atoms with van der Waals surface area (Å²) < 4.78 is 0. The SMILES string of the molecule is Nc1cccnc1NCCCNC(=O)/C=C/c1ccccc1. The summed E-state index contributed by atoms with van der Waals surface area (Å²) in [6.45, 7) is 1.29. The van der Waals surface area contributed by atoms with Crippen LogP contribution in [0.25, 0.3) is 6.08 Å². The molecule has 1 amide bonds. The Hall–Kier alpha value is -2.82. The van der Waals surface area contributed by atoms with Gasteiger partial charge in [0, 0.05) is 25.4 Å². The molecule has 2 rings (SSSR count). The highest BCUT2D eigenvalue weighted by Crippen LogP contribution is 2.12. The third-order valence-corrected chi connectivity index (χ3v) is 3.01. The van der Waals surface area contributed by atoms with Crippen molar-refractivity contribution in [2.24, 2.45) is 0 Å². The minimum absolute atomic E-state index is 0.0961. The summed E-state index contributed by atoms with van der Waals surface area (Å²) in [4.78, 5) is 15.8. The lowest BCUT2D eigenvalue weighted by Gasteiger charge is -2.07. The molecule has 0 aliphatic rings. The number of nitrogens with two attached hydrogens (primary N) is 1. The molecule has 4 N–H and O–H groups in total. The number of aromatic nitrogens is 1. The second kappa shape index (κ2) is 8.46. The Morgan fingerprint density at radius 3 is 2.73 bits per heavy atom. The van der Waals surface area contributed by atoms with Gasteiger partial charge in [0.05, 0.1) is 5.69 Å². The van der Waals surface area contributed by atoms with Crippen LogP contribution in [-0.2, 0) is 4.79 Å². The lowest BCUT2D eigenvalue weighted by molar-refractivity contribution is -0.116. The molecule has 22 heavy (non-hydrogen) atoms. The number of hydrogen-bond acceptors (Lipinski definition) is 4. The van der Waals surface area contributed by atoms with Crippen molar-refractivity contribution in [3.8, 4) is 0 Å². The highest BCUT2D eigenvalue weighted by atomic mass is 16.1. The molecule has 0 saturated carbocycles. The summed E-state index contributed by atoms with van der Waals surface area (Å²) in [5, 5.41) is 5.98. The summed E-state index contributed by atoms with van der Waals surface area (Å²) in [6.07, 6.45) is 5.82. The maximum Gasteiger partial charge on any atom is 0.244 e. The summed E-state index contributed by atoms with van der Waals surface area (Å²) in [5.74, 6) is 0.582. The Bertz CT molecular complexity index is 626. The molecule has 5 nitrogen and oxygen atoms in total. The van der Waals surface area contributed by atoms with Crippen molar-refractivity contribution in [1.29, 1.82) is 0 Å². The largest absolute Gasteiger partial charge is 0.396 e. The first-order valence-corrected chi connectivity index (χ1v) is 7.21. The first-order chi connectivity index (χ1) is 10.8. The van der Waals surface area contributed by atoms with E-state index in [1.807, 2.05) is 30.3 Å². The smallest absolute Gasteiger partial charge is 0.244 e. The molecule has 0 bridgehead atoms. The molecular weight excluding hydrogens is 276 g/mol. The van der Waals surface area contributed by atoms with Crippen molar-refractivity contribution in [3.63, 3.8) is 0 Å². The lowest BCUT2D eigenvalue weighted by atomic mass is 10.2. The van der Waals surface area contributed by atoms with E-state index in [9.17, 15) is 4.79 Å². The average Bonchev–Trinajstić information content (AvgIpc) is 2.55. The van der Waals surface area contributed by atoms with Crippen molar-refractivity contribution >= 4 is 23.5 Å². The number of nitrogens with one attached hydrogen (secondary N) is 2. The van der Waals surface area contributed by atoms with Crippen LogP contribution in [0, 0.1) is 0 Å². The number of nitrogens with zero attached hydrogens (tertiary/aromatic N) is 1. The van der Waals surface area contributed by atoms with Gasteiger partial charge in [0.25, 0.3) is 0 Å². The van der Waals surface area contributed by atoms with Crippen molar-refractivity contribution in [2.45, 2.75) is 6.42 Å². The van der Waals surface area contributed by atoms with Crippen LogP contribution >= 0.6 is 0 Å². The zero-order valence-electron chi connectivity index (χ0n) is 12.3. The highest BCUT2D eigenvalue weighted by Gasteiger charge is 1.98. The molecule has 0 saturated heterocycles. The molecular formula is C17H20N4O. The summed E-state index contributed by atoms with van der Waals surface area (Å²) in [7, 11) is 0. The quantitative estimate of drug-likeness (QED) is 0.541. The Morgan fingerprint density at radius 1 is 1.14 bits per heavy atom. The van der Waals surface area contributed by atoms with E-state index in [2.05, 4.69) is 15.6 Å². The molecule has 0 aliphatic carbocycles. The zero-order valence-corrected chi connectivity index (χ0v) is 12.3. The predicted octanol–water partition coefficient (Wildman–Crippen LogP) is 2.30. The number of carbonyl (C=O) groups excluding carboxylic acids is 1. The fourth-order valence-corrected chi connectivity index (χ4v) is 1.87. The number of amides is 1. The zero-order chi connectivity index (χ0) is 15.6. The Labute approximate surface area is 130 Å². The normalized spacial score (nSPS) is 10.5. The number of rotatable bonds is 7. The molecule has 1 aromatic carbocycles. The van der Waals surface area contributed by atoms with Crippen LogP contribution in [0.4, 0.5) is 11.5 Å². The molecule has 1 aromatic heterocycles. The number of anilines is 2. The number of carbonyl (C=O) groups is 1. The van der Waals surface area contributed by atoms with E-state index in [1.54, 1.807) is 30.5 Å². The van der Waals surface area contributed by atoms with Gasteiger partial charge >= 0.3 is 0 Å². The van der Waals surface area contributed by atoms with E-state index >= 15 is 0 Å². The van der Waals surface area contributed by atoms with Crippen LogP contribution in [0.15, 0.2) is 54.7 Å². The molecule has 0 spiro atoms. The van der Waals surface area contributed by atoms with E-state index in [0.717, 1.165) is 12.0 Å². The van der Waals surface area contributed by atoms with Gasteiger partial charge in [0.2, 0.25) is 5.91 Å². The second-order valence-electron chi connectivity index (χ2n) is 4.76. The van der Waals surface area contributed by atoms with Gasteiger partial charge in [0.1, 0.15) is 5.82 Å². The van der Waals surface area contributed by atoms with Gasteiger partial charge < -0.3 is 16.4 Å². The van der Waals surface area contributed by atoms with Crippen LogP contribution in [0.3, 0.4) is 0 Å². The Kier molecular flexibility index (Phi) is 5.99. The molecule has 2 aromatic rings. The van der Waals surface area contributed by atoms with Crippen LogP contribution in [0.2, 0.25) is 0 Å². The van der Waals surface area contributed by atoms with E-state index in [1.165, 1.54) is 0 Å². The number of benzene rings is 1. The maximum atomic E-state index is 11.7. The van der Waals surface area contributed by atoms with Crippen LogP contribution in [0.5, 0.6) is 0 Å².